The van der Waals surface area contributed by atoms with E-state index in [1.807, 2.05) is 31.2 Å². The van der Waals surface area contributed by atoms with E-state index in [4.69, 9.17) is 10.6 Å². The van der Waals surface area contributed by atoms with E-state index in [9.17, 15) is 4.21 Å². The van der Waals surface area contributed by atoms with Gasteiger partial charge in [0, 0.05) is 0 Å². The molecule has 0 amide bonds. The maximum absolute atomic E-state index is 12.0. The molecular formula is C15H20O2S. The van der Waals surface area contributed by atoms with Gasteiger partial charge in [0.15, 0.2) is 11.1 Å². The van der Waals surface area contributed by atoms with Gasteiger partial charge in [-0.25, -0.2) is 4.21 Å². The van der Waals surface area contributed by atoms with Crippen molar-refractivity contribution < 1.29 is 8.39 Å². The van der Waals surface area contributed by atoms with Gasteiger partial charge in [-0.2, -0.15) is 0 Å². The van der Waals surface area contributed by atoms with E-state index in [0.717, 1.165) is 31.2 Å². The number of hydrogen-bond donors (Lipinski definition) is 0. The normalized spacial score (nSPS) is 13.8. The summed E-state index contributed by atoms with van der Waals surface area (Å²) in [6.07, 6.45) is 9.07. The lowest BCUT2D eigenvalue weighted by Crippen LogP contribution is -2.12. The Bertz CT molecular complexity index is 417. The summed E-state index contributed by atoms with van der Waals surface area (Å²) in [5.74, 6) is 2.56. The van der Waals surface area contributed by atoms with Crippen molar-refractivity contribution in [2.24, 2.45) is 0 Å². The van der Waals surface area contributed by atoms with Crippen molar-refractivity contribution in [3.63, 3.8) is 0 Å². The SMILES string of the molecule is C#C[C@@H](CCCCC)OS(=O)c1ccc(C)cc1. The average Bonchev–Trinajstić information content (AvgIpc) is 2.38. The number of unbranched alkanes of at least 4 members (excludes halogenated alkanes) is 2. The monoisotopic (exact) mass is 264 g/mol. The lowest BCUT2D eigenvalue weighted by molar-refractivity contribution is 0.268. The molecule has 1 unspecified atom stereocenters. The molecule has 0 aromatic heterocycles. The first kappa shape index (κ1) is 14.9. The highest BCUT2D eigenvalue weighted by Crippen LogP contribution is 2.14. The van der Waals surface area contributed by atoms with Crippen molar-refractivity contribution in [1.29, 1.82) is 0 Å². The molecule has 0 radical (unpaired) electrons. The summed E-state index contributed by atoms with van der Waals surface area (Å²) >= 11 is -1.47. The van der Waals surface area contributed by atoms with Crippen LogP contribution in [-0.4, -0.2) is 10.3 Å². The highest BCUT2D eigenvalue weighted by atomic mass is 32.2. The first-order valence-corrected chi connectivity index (χ1v) is 7.36. The molecule has 0 N–H and O–H groups in total. The summed E-state index contributed by atoms with van der Waals surface area (Å²) in [5, 5.41) is 0. The van der Waals surface area contributed by atoms with Crippen LogP contribution >= 0.6 is 0 Å². The van der Waals surface area contributed by atoms with Crippen LogP contribution in [0.5, 0.6) is 0 Å². The van der Waals surface area contributed by atoms with Gasteiger partial charge < -0.3 is 0 Å². The largest absolute Gasteiger partial charge is 0.270 e. The Kier molecular flexibility index (Phi) is 6.70. The third kappa shape index (κ3) is 5.03. The van der Waals surface area contributed by atoms with Crippen molar-refractivity contribution in [2.75, 3.05) is 0 Å². The molecule has 2 atom stereocenters. The first-order valence-electron chi connectivity index (χ1n) is 6.29. The minimum atomic E-state index is -1.47. The molecule has 1 aromatic rings. The molecule has 0 fully saturated rings. The summed E-state index contributed by atoms with van der Waals surface area (Å²) in [4.78, 5) is 0.663. The minimum absolute atomic E-state index is 0.362. The molecule has 0 saturated carbocycles. The van der Waals surface area contributed by atoms with Crippen LogP contribution in [0.4, 0.5) is 0 Å². The smallest absolute Gasteiger partial charge is 0.190 e. The van der Waals surface area contributed by atoms with Gasteiger partial charge in [-0.3, -0.25) is 4.18 Å². The quantitative estimate of drug-likeness (QED) is 0.555. The van der Waals surface area contributed by atoms with Crippen molar-refractivity contribution in [2.45, 2.75) is 50.5 Å². The molecule has 0 spiro atoms. The lowest BCUT2D eigenvalue weighted by atomic mass is 10.1. The van der Waals surface area contributed by atoms with Crippen LogP contribution in [0.15, 0.2) is 29.2 Å². The van der Waals surface area contributed by atoms with E-state index < -0.39 is 11.1 Å². The number of aryl methyl sites for hydroxylation is 1. The lowest BCUT2D eigenvalue weighted by Gasteiger charge is -2.10. The van der Waals surface area contributed by atoms with Crippen molar-refractivity contribution in [3.05, 3.63) is 29.8 Å². The molecule has 1 aromatic carbocycles. The fourth-order valence-electron chi connectivity index (χ4n) is 1.55. The highest BCUT2D eigenvalue weighted by Gasteiger charge is 2.12. The zero-order valence-corrected chi connectivity index (χ0v) is 11.8. The third-order valence-corrected chi connectivity index (χ3v) is 3.74. The summed E-state index contributed by atoms with van der Waals surface area (Å²) in [7, 11) is 0. The minimum Gasteiger partial charge on any atom is -0.270 e. The van der Waals surface area contributed by atoms with Gasteiger partial charge in [-0.1, -0.05) is 43.4 Å². The molecule has 18 heavy (non-hydrogen) atoms. The van der Waals surface area contributed by atoms with Crippen molar-refractivity contribution in [1.82, 2.24) is 0 Å². The zero-order chi connectivity index (χ0) is 13.4. The maximum Gasteiger partial charge on any atom is 0.190 e. The van der Waals surface area contributed by atoms with Crippen LogP contribution in [0.25, 0.3) is 0 Å². The van der Waals surface area contributed by atoms with Gasteiger partial charge in [0.1, 0.15) is 6.10 Å². The van der Waals surface area contributed by atoms with Crippen LogP contribution < -0.4 is 0 Å². The predicted octanol–water partition coefficient (Wildman–Crippen LogP) is 3.62. The van der Waals surface area contributed by atoms with Gasteiger partial charge >= 0.3 is 0 Å². The summed E-state index contributed by atoms with van der Waals surface area (Å²) in [6.45, 7) is 4.12. The van der Waals surface area contributed by atoms with Crippen LogP contribution in [0.1, 0.15) is 38.2 Å². The van der Waals surface area contributed by atoms with Gasteiger partial charge in [-0.05, 0) is 31.9 Å². The molecule has 0 saturated heterocycles. The van der Waals surface area contributed by atoms with Crippen LogP contribution in [0.3, 0.4) is 0 Å². The summed E-state index contributed by atoms with van der Waals surface area (Å²) in [6, 6.07) is 7.45. The fourth-order valence-corrected chi connectivity index (χ4v) is 2.38. The van der Waals surface area contributed by atoms with Crippen LogP contribution in [0.2, 0.25) is 0 Å². The molecule has 2 nitrogen and oxygen atoms in total. The van der Waals surface area contributed by atoms with E-state index in [-0.39, 0.29) is 6.10 Å². The fraction of sp³-hybridized carbons (Fsp3) is 0.467. The Morgan fingerprint density at radius 2 is 2.00 bits per heavy atom. The number of hydrogen-bond acceptors (Lipinski definition) is 2. The predicted molar refractivity (Wildman–Crippen MR) is 75.4 cm³/mol. The van der Waals surface area contributed by atoms with Gasteiger partial charge in [0.2, 0.25) is 0 Å². The number of terminal acetylenes is 1. The molecule has 0 aliphatic carbocycles. The Morgan fingerprint density at radius 1 is 1.33 bits per heavy atom. The van der Waals surface area contributed by atoms with Crippen LogP contribution in [-0.2, 0) is 15.3 Å². The second-order valence-corrected chi connectivity index (χ2v) is 5.43. The number of rotatable bonds is 7. The summed E-state index contributed by atoms with van der Waals surface area (Å²) in [5.41, 5.74) is 1.13. The Morgan fingerprint density at radius 3 is 2.56 bits per heavy atom. The molecule has 0 aliphatic heterocycles. The Labute approximate surface area is 112 Å². The Hall–Kier alpha value is -1.11. The van der Waals surface area contributed by atoms with Crippen molar-refractivity contribution >= 4 is 11.1 Å². The van der Waals surface area contributed by atoms with Gasteiger partial charge in [0.05, 0.1) is 4.90 Å². The number of benzene rings is 1. The maximum atomic E-state index is 12.0. The molecule has 1 rings (SSSR count). The standard InChI is InChI=1S/C15H20O2S/c1-4-6-7-8-14(5-2)17-18(16)15-11-9-13(3)10-12-15/h2,9-12,14H,4,6-8H2,1,3H3/t14-,18?/m0/s1. The molecule has 3 heteroatoms. The molecule has 0 heterocycles. The first-order chi connectivity index (χ1) is 8.67. The molecular weight excluding hydrogens is 244 g/mol. The average molecular weight is 264 g/mol. The van der Waals surface area contributed by atoms with Crippen molar-refractivity contribution in [3.8, 4) is 12.3 Å². The van der Waals surface area contributed by atoms with E-state index in [1.54, 1.807) is 0 Å². The topological polar surface area (TPSA) is 26.3 Å². The second-order valence-electron chi connectivity index (χ2n) is 4.30. The highest BCUT2D eigenvalue weighted by molar-refractivity contribution is 7.80. The van der Waals surface area contributed by atoms with Gasteiger partial charge in [-0.15, -0.1) is 6.42 Å². The molecule has 98 valence electrons. The van der Waals surface area contributed by atoms with Crippen LogP contribution in [0, 0.1) is 19.3 Å². The molecule has 0 aliphatic rings. The van der Waals surface area contributed by atoms with E-state index >= 15 is 0 Å². The third-order valence-electron chi connectivity index (χ3n) is 2.67. The summed E-state index contributed by atoms with van der Waals surface area (Å²) < 4.78 is 17.4. The van der Waals surface area contributed by atoms with E-state index in [1.165, 1.54) is 0 Å². The Balaban J connectivity index is 2.52. The zero-order valence-electron chi connectivity index (χ0n) is 11.0. The van der Waals surface area contributed by atoms with E-state index in [2.05, 4.69) is 12.8 Å². The van der Waals surface area contributed by atoms with Gasteiger partial charge in [0.25, 0.3) is 0 Å². The van der Waals surface area contributed by atoms with E-state index in [0.29, 0.717) is 4.90 Å². The second kappa shape index (κ2) is 8.07. The molecule has 0 bridgehead atoms.